The Morgan fingerprint density at radius 2 is 1.46 bits per heavy atom. The first-order chi connectivity index (χ1) is 13.2. The van der Waals surface area contributed by atoms with Gasteiger partial charge in [-0.05, 0) is 56.8 Å². The minimum absolute atomic E-state index is 0.0341. The van der Waals surface area contributed by atoms with Crippen LogP contribution in [0, 0.1) is 13.8 Å². The summed E-state index contributed by atoms with van der Waals surface area (Å²) >= 11 is 0. The molecule has 28 heavy (non-hydrogen) atoms. The lowest BCUT2D eigenvalue weighted by Gasteiger charge is -2.25. The molecule has 2 aromatic carbocycles. The van der Waals surface area contributed by atoms with E-state index in [4.69, 9.17) is 0 Å². The van der Waals surface area contributed by atoms with E-state index in [1.807, 2.05) is 94.3 Å². The molecule has 0 unspecified atom stereocenters. The molecule has 0 radical (unpaired) electrons. The summed E-state index contributed by atoms with van der Waals surface area (Å²) in [5.41, 5.74) is 4.72. The van der Waals surface area contributed by atoms with Gasteiger partial charge in [-0.25, -0.2) is 0 Å². The van der Waals surface area contributed by atoms with E-state index >= 15 is 0 Å². The third-order valence-corrected chi connectivity index (χ3v) is 4.80. The smallest absolute Gasteiger partial charge is 0.313 e. The van der Waals surface area contributed by atoms with Gasteiger partial charge in [-0.15, -0.1) is 0 Å². The van der Waals surface area contributed by atoms with Gasteiger partial charge >= 0.3 is 11.8 Å². The van der Waals surface area contributed by atoms with E-state index in [1.54, 1.807) is 0 Å². The first kappa shape index (κ1) is 21.4. The number of benzene rings is 2. The van der Waals surface area contributed by atoms with Gasteiger partial charge in [0.15, 0.2) is 0 Å². The molecule has 0 aliphatic carbocycles. The highest BCUT2D eigenvalue weighted by molar-refractivity contribution is 6.39. The van der Waals surface area contributed by atoms with Crippen LogP contribution in [-0.4, -0.2) is 51.4 Å². The molecule has 0 heterocycles. The van der Waals surface area contributed by atoms with Crippen LogP contribution < -0.4 is 15.5 Å². The molecule has 2 N–H and O–H groups in total. The Kier molecular flexibility index (Phi) is 7.18. The molecule has 6 heteroatoms. The molecule has 0 bridgehead atoms. The molecule has 0 aliphatic rings. The van der Waals surface area contributed by atoms with Crippen LogP contribution in [0.3, 0.4) is 0 Å². The van der Waals surface area contributed by atoms with Gasteiger partial charge in [-0.2, -0.15) is 0 Å². The molecule has 6 nitrogen and oxygen atoms in total. The number of hydrogen-bond donors (Lipinski definition) is 2. The third kappa shape index (κ3) is 5.33. The van der Waals surface area contributed by atoms with Crippen molar-refractivity contribution in [1.82, 2.24) is 10.2 Å². The van der Waals surface area contributed by atoms with Crippen molar-refractivity contribution in [2.45, 2.75) is 19.9 Å². The van der Waals surface area contributed by atoms with Gasteiger partial charge in [0.2, 0.25) is 0 Å². The topological polar surface area (TPSA) is 64.7 Å². The Balaban J connectivity index is 2.02. The number of hydrogen-bond acceptors (Lipinski definition) is 4. The largest absolute Gasteiger partial charge is 0.378 e. The second-order valence-electron chi connectivity index (χ2n) is 7.40. The fraction of sp³-hybridized carbons (Fsp3) is 0.364. The second-order valence-corrected chi connectivity index (χ2v) is 7.40. The van der Waals surface area contributed by atoms with E-state index in [9.17, 15) is 9.59 Å². The molecule has 0 aliphatic heterocycles. The first-order valence-corrected chi connectivity index (χ1v) is 9.29. The number of rotatable bonds is 6. The van der Waals surface area contributed by atoms with Crippen molar-refractivity contribution < 1.29 is 9.59 Å². The summed E-state index contributed by atoms with van der Waals surface area (Å²) in [7, 11) is 7.89. The SMILES string of the molecule is Cc1cccc(C)c1NC(=O)C(=O)NC[C@@H](c1ccc(N(C)C)cc1)N(C)C. The van der Waals surface area contributed by atoms with E-state index in [2.05, 4.69) is 10.6 Å². The number of carbonyl (C=O) groups is 2. The highest BCUT2D eigenvalue weighted by Gasteiger charge is 2.20. The Hall–Kier alpha value is -2.86. The maximum Gasteiger partial charge on any atom is 0.313 e. The zero-order chi connectivity index (χ0) is 20.8. The van der Waals surface area contributed by atoms with Crippen LogP contribution >= 0.6 is 0 Å². The van der Waals surface area contributed by atoms with Crippen molar-refractivity contribution in [2.24, 2.45) is 0 Å². The molecule has 0 spiro atoms. The normalized spacial score (nSPS) is 11.8. The van der Waals surface area contributed by atoms with Crippen molar-refractivity contribution in [3.8, 4) is 0 Å². The second kappa shape index (κ2) is 9.37. The van der Waals surface area contributed by atoms with Crippen molar-refractivity contribution in [1.29, 1.82) is 0 Å². The first-order valence-electron chi connectivity index (χ1n) is 9.29. The van der Waals surface area contributed by atoms with Gasteiger partial charge in [0, 0.05) is 32.0 Å². The zero-order valence-electron chi connectivity index (χ0n) is 17.5. The summed E-state index contributed by atoms with van der Waals surface area (Å²) in [6.45, 7) is 4.15. The molecule has 2 amide bonds. The van der Waals surface area contributed by atoms with E-state index in [0.29, 0.717) is 12.2 Å². The average Bonchev–Trinajstić information content (AvgIpc) is 2.64. The Morgan fingerprint density at radius 1 is 0.893 bits per heavy atom. The number of carbonyl (C=O) groups excluding carboxylic acids is 2. The predicted molar refractivity (Wildman–Crippen MR) is 115 cm³/mol. The lowest BCUT2D eigenvalue weighted by Crippen LogP contribution is -2.40. The van der Waals surface area contributed by atoms with Crippen LogP contribution in [0.2, 0.25) is 0 Å². The van der Waals surface area contributed by atoms with Crippen LogP contribution in [0.25, 0.3) is 0 Å². The van der Waals surface area contributed by atoms with Crippen LogP contribution in [0.4, 0.5) is 11.4 Å². The molecule has 150 valence electrons. The van der Waals surface area contributed by atoms with Crippen molar-refractivity contribution in [3.63, 3.8) is 0 Å². The monoisotopic (exact) mass is 382 g/mol. The van der Waals surface area contributed by atoms with E-state index in [1.165, 1.54) is 0 Å². The van der Waals surface area contributed by atoms with E-state index in [0.717, 1.165) is 22.4 Å². The summed E-state index contributed by atoms with van der Waals surface area (Å²) in [4.78, 5) is 28.7. The number of nitrogens with zero attached hydrogens (tertiary/aromatic N) is 2. The lowest BCUT2D eigenvalue weighted by atomic mass is 10.1. The van der Waals surface area contributed by atoms with Gasteiger partial charge in [0.1, 0.15) is 0 Å². The molecule has 0 saturated heterocycles. The van der Waals surface area contributed by atoms with E-state index < -0.39 is 11.8 Å². The molecule has 1 atom stereocenters. The van der Waals surface area contributed by atoms with Gasteiger partial charge in [-0.1, -0.05) is 30.3 Å². The maximum absolute atomic E-state index is 12.3. The fourth-order valence-corrected chi connectivity index (χ4v) is 3.04. The molecule has 2 aromatic rings. The molecular weight excluding hydrogens is 352 g/mol. The summed E-state index contributed by atoms with van der Waals surface area (Å²) in [6.07, 6.45) is 0. The van der Waals surface area contributed by atoms with Crippen LogP contribution in [0.15, 0.2) is 42.5 Å². The molecular formula is C22H30N4O2. The van der Waals surface area contributed by atoms with Gasteiger partial charge in [0.25, 0.3) is 0 Å². The van der Waals surface area contributed by atoms with Crippen molar-refractivity contribution >= 4 is 23.2 Å². The van der Waals surface area contributed by atoms with Gasteiger partial charge in [0.05, 0.1) is 6.04 Å². The predicted octanol–water partition coefficient (Wildman–Crippen LogP) is 2.73. The summed E-state index contributed by atoms with van der Waals surface area (Å²) in [6, 6.07) is 13.9. The highest BCUT2D eigenvalue weighted by atomic mass is 16.2. The molecule has 0 aromatic heterocycles. The summed E-state index contributed by atoms with van der Waals surface area (Å²) in [5, 5.41) is 5.48. The Morgan fingerprint density at radius 3 is 1.96 bits per heavy atom. The Bertz CT molecular complexity index is 809. The van der Waals surface area contributed by atoms with Gasteiger partial charge < -0.3 is 20.4 Å². The molecule has 2 rings (SSSR count). The number of anilines is 2. The number of amides is 2. The number of nitrogens with one attached hydrogen (secondary N) is 2. The quantitative estimate of drug-likeness (QED) is 0.754. The van der Waals surface area contributed by atoms with Crippen LogP contribution in [0.5, 0.6) is 0 Å². The average molecular weight is 383 g/mol. The number of aryl methyl sites for hydroxylation is 2. The number of para-hydroxylation sites is 1. The zero-order valence-corrected chi connectivity index (χ0v) is 17.5. The minimum atomic E-state index is -0.655. The van der Waals surface area contributed by atoms with Crippen molar-refractivity contribution in [3.05, 3.63) is 59.2 Å². The Labute approximate surface area is 167 Å². The third-order valence-electron chi connectivity index (χ3n) is 4.80. The maximum atomic E-state index is 12.3. The minimum Gasteiger partial charge on any atom is -0.378 e. The van der Waals surface area contributed by atoms with Gasteiger partial charge in [-0.3, -0.25) is 9.59 Å². The standard InChI is InChI=1S/C22H30N4O2/c1-15-8-7-9-16(2)20(15)24-22(28)21(27)23-14-19(26(5)6)17-10-12-18(13-11-17)25(3)4/h7-13,19H,14H2,1-6H3,(H,23,27)(H,24,28)/t19-/m0/s1. The summed E-state index contributed by atoms with van der Waals surface area (Å²) < 4.78 is 0. The van der Waals surface area contributed by atoms with Crippen LogP contribution in [-0.2, 0) is 9.59 Å². The summed E-state index contributed by atoms with van der Waals surface area (Å²) in [5.74, 6) is -1.29. The number of likely N-dealkylation sites (N-methyl/N-ethyl adjacent to an activating group) is 1. The lowest BCUT2D eigenvalue weighted by molar-refractivity contribution is -0.136. The fourth-order valence-electron chi connectivity index (χ4n) is 3.04. The highest BCUT2D eigenvalue weighted by Crippen LogP contribution is 2.21. The van der Waals surface area contributed by atoms with Crippen LogP contribution in [0.1, 0.15) is 22.7 Å². The van der Waals surface area contributed by atoms with Crippen molar-refractivity contribution in [2.75, 3.05) is 45.0 Å². The molecule has 0 fully saturated rings. The molecule has 0 saturated carbocycles. The van der Waals surface area contributed by atoms with E-state index in [-0.39, 0.29) is 6.04 Å².